The molecule has 2 rings (SSSR count). The number of anilines is 1. The van der Waals surface area contributed by atoms with Crippen LogP contribution in [-0.2, 0) is 11.3 Å². The lowest BCUT2D eigenvalue weighted by Gasteiger charge is -2.10. The minimum Gasteiger partial charge on any atom is -0.496 e. The molecule has 0 fully saturated rings. The third-order valence-corrected chi connectivity index (χ3v) is 3.59. The summed E-state index contributed by atoms with van der Waals surface area (Å²) in [4.78, 5) is 12.1. The van der Waals surface area contributed by atoms with Crippen LogP contribution in [0.1, 0.15) is 15.9 Å². The molecule has 2 N–H and O–H groups in total. The van der Waals surface area contributed by atoms with Crippen molar-refractivity contribution >= 4 is 27.6 Å². The van der Waals surface area contributed by atoms with Gasteiger partial charge in [0.2, 0.25) is 0 Å². The highest BCUT2D eigenvalue weighted by Crippen LogP contribution is 2.24. The number of ether oxygens (including phenoxy) is 2. The molecule has 21 heavy (non-hydrogen) atoms. The predicted octanol–water partition coefficient (Wildman–Crippen LogP) is 3.54. The zero-order valence-corrected chi connectivity index (χ0v) is 12.8. The van der Waals surface area contributed by atoms with E-state index >= 15 is 0 Å². The van der Waals surface area contributed by atoms with Gasteiger partial charge in [0.15, 0.2) is 0 Å². The standard InChI is InChI=1S/C15H13BrFNO3/c1-20-14-7-11(18)3-4-12(14)15(19)21-8-9-6-10(17)2-5-13(9)16/h2-7H,8,18H2,1H3. The van der Waals surface area contributed by atoms with Gasteiger partial charge in [-0.2, -0.15) is 0 Å². The van der Waals surface area contributed by atoms with Gasteiger partial charge in [-0.15, -0.1) is 0 Å². The van der Waals surface area contributed by atoms with Crippen LogP contribution in [0, 0.1) is 5.82 Å². The van der Waals surface area contributed by atoms with Gasteiger partial charge in [0.05, 0.1) is 7.11 Å². The van der Waals surface area contributed by atoms with Crippen molar-refractivity contribution in [1.29, 1.82) is 0 Å². The first-order valence-corrected chi connectivity index (χ1v) is 6.85. The van der Waals surface area contributed by atoms with Crippen LogP contribution < -0.4 is 10.5 Å². The zero-order chi connectivity index (χ0) is 15.4. The Kier molecular flexibility index (Phi) is 4.80. The number of rotatable bonds is 4. The number of methoxy groups -OCH3 is 1. The fraction of sp³-hybridized carbons (Fsp3) is 0.133. The van der Waals surface area contributed by atoms with E-state index in [0.717, 1.165) is 0 Å². The minimum absolute atomic E-state index is 0.0509. The molecule has 0 bridgehead atoms. The van der Waals surface area contributed by atoms with E-state index in [-0.39, 0.29) is 12.2 Å². The number of hydrogen-bond donors (Lipinski definition) is 1. The quantitative estimate of drug-likeness (QED) is 0.674. The highest BCUT2D eigenvalue weighted by molar-refractivity contribution is 9.10. The van der Waals surface area contributed by atoms with Crippen molar-refractivity contribution in [2.75, 3.05) is 12.8 Å². The molecule has 0 radical (unpaired) electrons. The number of benzene rings is 2. The number of esters is 1. The number of halogens is 2. The lowest BCUT2D eigenvalue weighted by atomic mass is 10.2. The summed E-state index contributed by atoms with van der Waals surface area (Å²) < 4.78 is 24.1. The van der Waals surface area contributed by atoms with Crippen molar-refractivity contribution in [1.82, 2.24) is 0 Å². The van der Waals surface area contributed by atoms with Gasteiger partial charge in [0.1, 0.15) is 23.7 Å². The van der Waals surface area contributed by atoms with Crippen LogP contribution in [-0.4, -0.2) is 13.1 Å². The molecule has 0 aliphatic carbocycles. The summed E-state index contributed by atoms with van der Waals surface area (Å²) in [6.45, 7) is -0.0509. The van der Waals surface area contributed by atoms with Crippen molar-refractivity contribution in [3.63, 3.8) is 0 Å². The van der Waals surface area contributed by atoms with Crippen LogP contribution in [0.2, 0.25) is 0 Å². The average Bonchev–Trinajstić information content (AvgIpc) is 2.47. The molecule has 0 unspecified atom stereocenters. The maximum atomic E-state index is 13.2. The molecule has 4 nitrogen and oxygen atoms in total. The summed E-state index contributed by atoms with van der Waals surface area (Å²) in [5.41, 5.74) is 6.91. The lowest BCUT2D eigenvalue weighted by molar-refractivity contribution is 0.0468. The lowest BCUT2D eigenvalue weighted by Crippen LogP contribution is -2.08. The largest absolute Gasteiger partial charge is 0.496 e. The monoisotopic (exact) mass is 353 g/mol. The van der Waals surface area contributed by atoms with Crippen LogP contribution >= 0.6 is 15.9 Å². The summed E-state index contributed by atoms with van der Waals surface area (Å²) in [7, 11) is 1.44. The minimum atomic E-state index is -0.567. The average molecular weight is 354 g/mol. The topological polar surface area (TPSA) is 61.5 Å². The Balaban J connectivity index is 2.13. The fourth-order valence-corrected chi connectivity index (χ4v) is 2.11. The molecule has 0 spiro atoms. The number of nitrogens with two attached hydrogens (primary N) is 1. The number of hydrogen-bond acceptors (Lipinski definition) is 4. The Morgan fingerprint density at radius 1 is 1.29 bits per heavy atom. The van der Waals surface area contributed by atoms with Gasteiger partial charge in [0, 0.05) is 21.8 Å². The van der Waals surface area contributed by atoms with Crippen LogP contribution in [0.4, 0.5) is 10.1 Å². The molecule has 0 aliphatic heterocycles. The first-order chi connectivity index (χ1) is 10.0. The van der Waals surface area contributed by atoms with E-state index in [2.05, 4.69) is 15.9 Å². The summed E-state index contributed by atoms with van der Waals surface area (Å²) in [6, 6.07) is 8.82. The van der Waals surface area contributed by atoms with Crippen LogP contribution in [0.3, 0.4) is 0 Å². The van der Waals surface area contributed by atoms with Gasteiger partial charge >= 0.3 is 5.97 Å². The van der Waals surface area contributed by atoms with E-state index < -0.39 is 11.8 Å². The van der Waals surface area contributed by atoms with Crippen molar-refractivity contribution in [3.8, 4) is 5.75 Å². The molecule has 0 atom stereocenters. The summed E-state index contributed by atoms with van der Waals surface area (Å²) >= 11 is 3.28. The highest BCUT2D eigenvalue weighted by atomic mass is 79.9. The molecular weight excluding hydrogens is 341 g/mol. The molecule has 0 aliphatic rings. The van der Waals surface area contributed by atoms with Gasteiger partial charge in [-0.1, -0.05) is 15.9 Å². The first-order valence-electron chi connectivity index (χ1n) is 6.06. The maximum absolute atomic E-state index is 13.2. The number of carbonyl (C=O) groups excluding carboxylic acids is 1. The summed E-state index contributed by atoms with van der Waals surface area (Å²) in [6.07, 6.45) is 0. The van der Waals surface area contributed by atoms with Crippen molar-refractivity contribution < 1.29 is 18.7 Å². The van der Waals surface area contributed by atoms with Crippen molar-refractivity contribution in [2.24, 2.45) is 0 Å². The van der Waals surface area contributed by atoms with E-state index in [1.54, 1.807) is 12.1 Å². The third kappa shape index (κ3) is 3.72. The van der Waals surface area contributed by atoms with Gasteiger partial charge in [0.25, 0.3) is 0 Å². The Hall–Kier alpha value is -2.08. The van der Waals surface area contributed by atoms with E-state index in [1.807, 2.05) is 0 Å². The molecule has 110 valence electrons. The molecule has 0 heterocycles. The second kappa shape index (κ2) is 6.58. The summed E-state index contributed by atoms with van der Waals surface area (Å²) in [5.74, 6) is -0.629. The molecule has 6 heteroatoms. The van der Waals surface area contributed by atoms with E-state index in [9.17, 15) is 9.18 Å². The van der Waals surface area contributed by atoms with E-state index in [4.69, 9.17) is 15.2 Å². The molecular formula is C15H13BrFNO3. The molecule has 2 aromatic carbocycles. The van der Waals surface area contributed by atoms with Crippen LogP contribution in [0.15, 0.2) is 40.9 Å². The zero-order valence-electron chi connectivity index (χ0n) is 11.2. The first kappa shape index (κ1) is 15.3. The molecule has 0 amide bonds. The molecule has 0 saturated heterocycles. The molecule has 0 saturated carbocycles. The fourth-order valence-electron chi connectivity index (χ4n) is 1.75. The maximum Gasteiger partial charge on any atom is 0.342 e. The second-order valence-corrected chi connectivity index (χ2v) is 5.13. The smallest absolute Gasteiger partial charge is 0.342 e. The Morgan fingerprint density at radius 3 is 2.76 bits per heavy atom. The molecule has 0 aromatic heterocycles. The third-order valence-electron chi connectivity index (χ3n) is 2.81. The van der Waals surface area contributed by atoms with Crippen molar-refractivity contribution in [3.05, 3.63) is 57.8 Å². The SMILES string of the molecule is COc1cc(N)ccc1C(=O)OCc1cc(F)ccc1Br. The Bertz CT molecular complexity index is 676. The van der Waals surface area contributed by atoms with Gasteiger partial charge in [-0.05, 0) is 30.3 Å². The molecule has 2 aromatic rings. The van der Waals surface area contributed by atoms with Gasteiger partial charge in [-0.25, -0.2) is 9.18 Å². The predicted molar refractivity (Wildman–Crippen MR) is 80.6 cm³/mol. The second-order valence-electron chi connectivity index (χ2n) is 4.27. The van der Waals surface area contributed by atoms with E-state index in [1.165, 1.54) is 31.4 Å². The van der Waals surface area contributed by atoms with Crippen LogP contribution in [0.5, 0.6) is 5.75 Å². The Labute approximate surface area is 129 Å². The summed E-state index contributed by atoms with van der Waals surface area (Å²) in [5, 5.41) is 0. The van der Waals surface area contributed by atoms with E-state index in [0.29, 0.717) is 21.5 Å². The normalized spacial score (nSPS) is 10.2. The van der Waals surface area contributed by atoms with Crippen molar-refractivity contribution in [2.45, 2.75) is 6.61 Å². The van der Waals surface area contributed by atoms with Gasteiger partial charge in [-0.3, -0.25) is 0 Å². The highest BCUT2D eigenvalue weighted by Gasteiger charge is 2.15. The Morgan fingerprint density at radius 2 is 2.05 bits per heavy atom. The number of carbonyl (C=O) groups is 1. The van der Waals surface area contributed by atoms with Crippen LogP contribution in [0.25, 0.3) is 0 Å². The number of nitrogen functional groups attached to an aromatic ring is 1. The van der Waals surface area contributed by atoms with Gasteiger partial charge < -0.3 is 15.2 Å².